The molecule has 0 fully saturated rings. The van der Waals surface area contributed by atoms with Gasteiger partial charge in [-0.25, -0.2) is 9.37 Å². The zero-order valence-corrected chi connectivity index (χ0v) is 14.7. The lowest BCUT2D eigenvalue weighted by atomic mass is 10.1. The van der Waals surface area contributed by atoms with Gasteiger partial charge < -0.3 is 9.26 Å². The van der Waals surface area contributed by atoms with Crippen LogP contribution in [0.25, 0.3) is 11.3 Å². The molecule has 3 aromatic rings. The average molecular weight is 361 g/mol. The number of hydrogen-bond donors (Lipinski definition) is 1. The summed E-state index contributed by atoms with van der Waals surface area (Å²) in [5.74, 6) is 0.246. The molecule has 0 unspecified atom stereocenters. The second-order valence-corrected chi connectivity index (χ2v) is 6.11. The summed E-state index contributed by atoms with van der Waals surface area (Å²) in [6.07, 6.45) is 0.587. The van der Waals surface area contributed by atoms with Crippen LogP contribution in [-0.2, 0) is 6.42 Å². The van der Waals surface area contributed by atoms with Gasteiger partial charge in [-0.05, 0) is 31.5 Å². The number of benzene rings is 1. The minimum Gasteiger partial charge on any atom is -0.496 e. The topological polar surface area (TPSA) is 77.3 Å². The summed E-state index contributed by atoms with van der Waals surface area (Å²) in [4.78, 5) is 16.8. The van der Waals surface area contributed by atoms with E-state index in [9.17, 15) is 9.18 Å². The maximum absolute atomic E-state index is 13.5. The molecule has 0 saturated carbocycles. The number of amides is 1. The van der Waals surface area contributed by atoms with Crippen molar-refractivity contribution in [2.75, 3.05) is 12.4 Å². The van der Waals surface area contributed by atoms with E-state index in [0.29, 0.717) is 45.6 Å². The van der Waals surface area contributed by atoms with Gasteiger partial charge in [-0.15, -0.1) is 11.3 Å². The Hall–Kier alpha value is -2.74. The number of rotatable bonds is 5. The highest BCUT2D eigenvalue weighted by Gasteiger charge is 2.20. The minimum absolute atomic E-state index is 0.331. The lowest BCUT2D eigenvalue weighted by Gasteiger charge is -2.06. The van der Waals surface area contributed by atoms with Crippen LogP contribution in [0.2, 0.25) is 0 Å². The smallest absolute Gasteiger partial charge is 0.262 e. The molecule has 0 spiro atoms. The monoisotopic (exact) mass is 361 g/mol. The maximum Gasteiger partial charge on any atom is 0.262 e. The van der Waals surface area contributed by atoms with E-state index in [1.165, 1.54) is 36.6 Å². The number of hydrogen-bond acceptors (Lipinski definition) is 6. The van der Waals surface area contributed by atoms with Gasteiger partial charge in [-0.3, -0.25) is 10.1 Å². The Balaban J connectivity index is 1.86. The molecular formula is C17H16FN3O3S. The predicted octanol–water partition coefficient (Wildman–Crippen LogP) is 4.07. The molecule has 0 aliphatic carbocycles. The van der Waals surface area contributed by atoms with E-state index in [0.717, 1.165) is 0 Å². The molecule has 1 amide bonds. The van der Waals surface area contributed by atoms with Crippen molar-refractivity contribution >= 4 is 22.4 Å². The van der Waals surface area contributed by atoms with Gasteiger partial charge in [-0.2, -0.15) is 0 Å². The van der Waals surface area contributed by atoms with Gasteiger partial charge in [0.05, 0.1) is 18.5 Å². The van der Waals surface area contributed by atoms with Crippen molar-refractivity contribution in [1.82, 2.24) is 10.1 Å². The van der Waals surface area contributed by atoms with E-state index < -0.39 is 0 Å². The first-order valence-electron chi connectivity index (χ1n) is 7.59. The summed E-state index contributed by atoms with van der Waals surface area (Å²) in [5.41, 5.74) is 2.06. The number of halogens is 1. The standard InChI is InChI=1S/C17H16FN3O3S/c1-4-12-15(9(2)24-21-12)16(22)20-17-19-13(8-25-17)11-7-10(18)5-6-14(11)23-3/h5-8H,4H2,1-3H3,(H,19,20,22). The number of thiazole rings is 1. The molecule has 1 N–H and O–H groups in total. The number of methoxy groups -OCH3 is 1. The molecule has 6 nitrogen and oxygen atoms in total. The number of nitrogens with one attached hydrogen (secondary N) is 1. The summed E-state index contributed by atoms with van der Waals surface area (Å²) in [6.45, 7) is 3.58. The molecule has 2 aromatic heterocycles. The first kappa shape index (κ1) is 17.1. The molecule has 0 bridgehead atoms. The van der Waals surface area contributed by atoms with Gasteiger partial charge in [0.15, 0.2) is 5.13 Å². The van der Waals surface area contributed by atoms with Crippen molar-refractivity contribution in [3.05, 3.63) is 46.4 Å². The highest BCUT2D eigenvalue weighted by atomic mass is 32.1. The summed E-state index contributed by atoms with van der Waals surface area (Å²) in [5, 5.41) is 8.73. The van der Waals surface area contributed by atoms with Crippen molar-refractivity contribution in [3.63, 3.8) is 0 Å². The number of anilines is 1. The maximum atomic E-state index is 13.5. The fraction of sp³-hybridized carbons (Fsp3) is 0.235. The highest BCUT2D eigenvalue weighted by molar-refractivity contribution is 7.14. The van der Waals surface area contributed by atoms with Gasteiger partial charge in [0.1, 0.15) is 22.9 Å². The summed E-state index contributed by atoms with van der Waals surface area (Å²) < 4.78 is 23.8. The van der Waals surface area contributed by atoms with E-state index in [1.807, 2.05) is 6.92 Å². The number of aryl methyl sites for hydroxylation is 2. The lowest BCUT2D eigenvalue weighted by Crippen LogP contribution is -2.14. The SMILES string of the molecule is CCc1noc(C)c1C(=O)Nc1nc(-c2cc(F)ccc2OC)cs1. The van der Waals surface area contributed by atoms with Crippen molar-refractivity contribution < 1.29 is 18.4 Å². The molecule has 0 aliphatic rings. The first-order valence-corrected chi connectivity index (χ1v) is 8.47. The van der Waals surface area contributed by atoms with E-state index >= 15 is 0 Å². The van der Waals surface area contributed by atoms with E-state index in [2.05, 4.69) is 15.5 Å². The van der Waals surface area contributed by atoms with Crippen LogP contribution >= 0.6 is 11.3 Å². The van der Waals surface area contributed by atoms with Crippen LogP contribution in [0.4, 0.5) is 9.52 Å². The van der Waals surface area contributed by atoms with Crippen molar-refractivity contribution in [3.8, 4) is 17.0 Å². The van der Waals surface area contributed by atoms with E-state index in [1.54, 1.807) is 12.3 Å². The Kier molecular flexibility index (Phi) is 4.80. The third kappa shape index (κ3) is 3.39. The molecule has 0 saturated heterocycles. The Labute approximate surface area is 147 Å². The van der Waals surface area contributed by atoms with Crippen LogP contribution in [0, 0.1) is 12.7 Å². The highest BCUT2D eigenvalue weighted by Crippen LogP contribution is 2.33. The quantitative estimate of drug-likeness (QED) is 0.741. The number of nitrogens with zero attached hydrogens (tertiary/aromatic N) is 2. The van der Waals surface area contributed by atoms with Crippen molar-refractivity contribution in [2.45, 2.75) is 20.3 Å². The summed E-state index contributed by atoms with van der Waals surface area (Å²) >= 11 is 1.24. The van der Waals surface area contributed by atoms with Gasteiger partial charge >= 0.3 is 0 Å². The Morgan fingerprint density at radius 2 is 2.24 bits per heavy atom. The normalized spacial score (nSPS) is 10.7. The molecule has 0 radical (unpaired) electrons. The van der Waals surface area contributed by atoms with Crippen LogP contribution in [-0.4, -0.2) is 23.2 Å². The van der Waals surface area contributed by atoms with Crippen LogP contribution in [0.1, 0.15) is 28.7 Å². The molecule has 8 heteroatoms. The minimum atomic E-state index is -0.387. The second-order valence-electron chi connectivity index (χ2n) is 5.25. The fourth-order valence-electron chi connectivity index (χ4n) is 2.45. The van der Waals surface area contributed by atoms with Crippen LogP contribution in [0.15, 0.2) is 28.1 Å². The third-order valence-electron chi connectivity index (χ3n) is 3.66. The average Bonchev–Trinajstić information content (AvgIpc) is 3.21. The van der Waals surface area contributed by atoms with E-state index in [-0.39, 0.29) is 11.7 Å². The first-order chi connectivity index (χ1) is 12.0. The molecule has 2 heterocycles. The Morgan fingerprint density at radius 1 is 1.44 bits per heavy atom. The number of carbonyl (C=O) groups is 1. The van der Waals surface area contributed by atoms with Crippen LogP contribution < -0.4 is 10.1 Å². The molecule has 0 aliphatic heterocycles. The predicted molar refractivity (Wildman–Crippen MR) is 92.6 cm³/mol. The summed E-state index contributed by atoms with van der Waals surface area (Å²) in [6, 6.07) is 4.20. The Bertz CT molecular complexity index is 920. The van der Waals surface area contributed by atoms with Gasteiger partial charge in [0.2, 0.25) is 0 Å². The van der Waals surface area contributed by atoms with Gasteiger partial charge in [-0.1, -0.05) is 12.1 Å². The fourth-order valence-corrected chi connectivity index (χ4v) is 3.15. The molecule has 0 atom stereocenters. The molecule has 25 heavy (non-hydrogen) atoms. The Morgan fingerprint density at radius 3 is 2.96 bits per heavy atom. The van der Waals surface area contributed by atoms with Crippen LogP contribution in [0.3, 0.4) is 0 Å². The van der Waals surface area contributed by atoms with Crippen molar-refractivity contribution in [1.29, 1.82) is 0 Å². The third-order valence-corrected chi connectivity index (χ3v) is 4.42. The second kappa shape index (κ2) is 7.02. The van der Waals surface area contributed by atoms with E-state index in [4.69, 9.17) is 9.26 Å². The zero-order chi connectivity index (χ0) is 18.0. The van der Waals surface area contributed by atoms with Crippen LogP contribution in [0.5, 0.6) is 5.75 Å². The number of carbonyl (C=O) groups excluding carboxylic acids is 1. The molecular weight excluding hydrogens is 345 g/mol. The molecule has 3 rings (SSSR count). The molecule has 1 aromatic carbocycles. The van der Waals surface area contributed by atoms with Gasteiger partial charge in [0, 0.05) is 10.9 Å². The van der Waals surface area contributed by atoms with Gasteiger partial charge in [0.25, 0.3) is 5.91 Å². The molecule has 130 valence electrons. The zero-order valence-electron chi connectivity index (χ0n) is 13.9. The number of aromatic nitrogens is 2. The largest absolute Gasteiger partial charge is 0.496 e. The number of ether oxygens (including phenoxy) is 1. The van der Waals surface area contributed by atoms with Crippen molar-refractivity contribution in [2.24, 2.45) is 0 Å². The summed E-state index contributed by atoms with van der Waals surface area (Å²) in [7, 11) is 1.51. The lowest BCUT2D eigenvalue weighted by molar-refractivity contribution is 0.102.